The van der Waals surface area contributed by atoms with Crippen molar-refractivity contribution in [2.45, 2.75) is 39.5 Å². The average molecular weight is 506 g/mol. The van der Waals surface area contributed by atoms with Crippen LogP contribution >= 0.6 is 11.6 Å². The van der Waals surface area contributed by atoms with Crippen molar-refractivity contribution < 1.29 is 9.47 Å². The predicted molar refractivity (Wildman–Crippen MR) is 148 cm³/mol. The van der Waals surface area contributed by atoms with E-state index >= 15 is 0 Å². The van der Waals surface area contributed by atoms with Crippen LogP contribution in [0.5, 0.6) is 11.5 Å². The Balaban J connectivity index is 1.22. The topological polar surface area (TPSA) is 50.4 Å². The van der Waals surface area contributed by atoms with Crippen LogP contribution < -0.4 is 9.47 Å². The molecule has 0 atom stereocenters. The Kier molecular flexibility index (Phi) is 9.65. The summed E-state index contributed by atoms with van der Waals surface area (Å²) >= 11 is 5.94. The van der Waals surface area contributed by atoms with E-state index in [0.29, 0.717) is 6.61 Å². The van der Waals surface area contributed by atoms with Crippen LogP contribution in [0.3, 0.4) is 0 Å². The van der Waals surface area contributed by atoms with Gasteiger partial charge in [-0.15, -0.1) is 0 Å². The molecule has 1 aromatic heterocycles. The highest BCUT2D eigenvalue weighted by molar-refractivity contribution is 6.30. The number of imidazole rings is 1. The van der Waals surface area contributed by atoms with Gasteiger partial charge in [-0.2, -0.15) is 0 Å². The first kappa shape index (κ1) is 26.1. The second-order valence-electron chi connectivity index (χ2n) is 8.96. The maximum atomic E-state index is 5.97. The smallest absolute Gasteiger partial charge is 0.121 e. The molecule has 6 heteroatoms. The maximum absolute atomic E-state index is 5.97. The Morgan fingerprint density at radius 2 is 1.44 bits per heavy atom. The Hall–Kier alpha value is -3.02. The molecule has 0 saturated carbocycles. The molecule has 36 heavy (non-hydrogen) atoms. The van der Waals surface area contributed by atoms with Gasteiger partial charge in [0.05, 0.1) is 24.2 Å². The molecule has 5 nitrogen and oxygen atoms in total. The third kappa shape index (κ3) is 7.74. The number of rotatable bonds is 14. The lowest BCUT2D eigenvalue weighted by atomic mass is 10.1. The van der Waals surface area contributed by atoms with Crippen molar-refractivity contribution in [1.82, 2.24) is 14.9 Å². The fourth-order valence-electron chi connectivity index (χ4n) is 4.22. The van der Waals surface area contributed by atoms with Gasteiger partial charge in [0.2, 0.25) is 0 Å². The fourth-order valence-corrected chi connectivity index (χ4v) is 4.35. The normalized spacial score (nSPS) is 11.3. The molecule has 3 aromatic carbocycles. The number of fused-ring (bicyclic) bond motifs is 1. The lowest BCUT2D eigenvalue weighted by Crippen LogP contribution is -2.25. The number of aryl methyl sites for hydroxylation is 2. The van der Waals surface area contributed by atoms with Crippen molar-refractivity contribution in [1.29, 1.82) is 0 Å². The number of benzene rings is 3. The van der Waals surface area contributed by atoms with Gasteiger partial charge in [0.1, 0.15) is 17.3 Å². The first-order chi connectivity index (χ1) is 17.6. The van der Waals surface area contributed by atoms with Gasteiger partial charge >= 0.3 is 0 Å². The van der Waals surface area contributed by atoms with Crippen molar-refractivity contribution >= 4 is 22.6 Å². The first-order valence-corrected chi connectivity index (χ1v) is 13.3. The van der Waals surface area contributed by atoms with Gasteiger partial charge in [0, 0.05) is 30.5 Å². The molecule has 0 spiro atoms. The molecule has 1 N–H and O–H groups in total. The molecule has 0 aliphatic heterocycles. The summed E-state index contributed by atoms with van der Waals surface area (Å²) in [5, 5.41) is 0.758. The summed E-state index contributed by atoms with van der Waals surface area (Å²) in [5.74, 6) is 2.77. The van der Waals surface area contributed by atoms with Crippen molar-refractivity contribution in [3.63, 3.8) is 0 Å². The fraction of sp³-hybridized carbons (Fsp3) is 0.367. The van der Waals surface area contributed by atoms with Gasteiger partial charge in [0.25, 0.3) is 0 Å². The summed E-state index contributed by atoms with van der Waals surface area (Å²) in [6.45, 7) is 9.00. The summed E-state index contributed by atoms with van der Waals surface area (Å²) < 4.78 is 11.9. The number of hydrogen-bond donors (Lipinski definition) is 1. The Morgan fingerprint density at radius 1 is 0.778 bits per heavy atom. The highest BCUT2D eigenvalue weighted by Crippen LogP contribution is 2.21. The number of aromatic amines is 1. The van der Waals surface area contributed by atoms with E-state index in [1.807, 2.05) is 48.5 Å². The summed E-state index contributed by atoms with van der Waals surface area (Å²) in [4.78, 5) is 10.6. The third-order valence-corrected chi connectivity index (χ3v) is 6.68. The van der Waals surface area contributed by atoms with E-state index in [0.717, 1.165) is 85.3 Å². The van der Waals surface area contributed by atoms with Crippen molar-refractivity contribution in [2.24, 2.45) is 0 Å². The van der Waals surface area contributed by atoms with E-state index in [2.05, 4.69) is 41.9 Å². The third-order valence-electron chi connectivity index (χ3n) is 6.43. The van der Waals surface area contributed by atoms with E-state index in [9.17, 15) is 0 Å². The number of nitrogens with zero attached hydrogens (tertiary/aromatic N) is 2. The summed E-state index contributed by atoms with van der Waals surface area (Å²) in [7, 11) is 0. The van der Waals surface area contributed by atoms with E-state index in [1.165, 1.54) is 11.1 Å². The molecule has 0 saturated heterocycles. The number of ether oxygens (including phenoxy) is 2. The van der Waals surface area contributed by atoms with Gasteiger partial charge < -0.3 is 19.4 Å². The molecule has 0 unspecified atom stereocenters. The number of H-pyrrole nitrogens is 1. The molecule has 0 bridgehead atoms. The van der Waals surface area contributed by atoms with Crippen LogP contribution in [0.15, 0.2) is 66.7 Å². The van der Waals surface area contributed by atoms with E-state index in [4.69, 9.17) is 26.1 Å². The van der Waals surface area contributed by atoms with Gasteiger partial charge in [-0.25, -0.2) is 4.98 Å². The molecule has 4 aromatic rings. The van der Waals surface area contributed by atoms with Crippen LogP contribution in [0.1, 0.15) is 37.2 Å². The van der Waals surface area contributed by atoms with Gasteiger partial charge in [0.15, 0.2) is 0 Å². The number of halogens is 1. The quantitative estimate of drug-likeness (QED) is 0.193. The molecule has 1 heterocycles. The SMILES string of the molecule is CCN(CC)CCCOc1ccc2nc(CCc3ccc(OCCc4ccc(Cl)cc4)cc3)[nH]c2c1. The molecule has 0 aliphatic carbocycles. The Labute approximate surface area is 219 Å². The van der Waals surface area contributed by atoms with Crippen LogP contribution in [-0.2, 0) is 19.3 Å². The van der Waals surface area contributed by atoms with Crippen LogP contribution in [0.25, 0.3) is 11.0 Å². The highest BCUT2D eigenvalue weighted by atomic mass is 35.5. The minimum atomic E-state index is 0.640. The standard InChI is InChI=1S/C30H36ClN3O2/c1-3-34(4-2)19-5-20-35-27-15-16-28-29(22-27)33-30(32-28)17-10-23-8-13-26(14-9-23)36-21-18-24-6-11-25(31)12-7-24/h6-9,11-16,22H,3-5,10,17-21H2,1-2H3,(H,32,33). The van der Waals surface area contributed by atoms with Crippen LogP contribution in [0.4, 0.5) is 0 Å². The molecule has 0 amide bonds. The second kappa shape index (κ2) is 13.3. The van der Waals surface area contributed by atoms with Gasteiger partial charge in [-0.1, -0.05) is 49.7 Å². The lowest BCUT2D eigenvalue weighted by Gasteiger charge is -2.17. The number of hydrogen-bond acceptors (Lipinski definition) is 4. The minimum absolute atomic E-state index is 0.640. The molecule has 0 aliphatic rings. The summed E-state index contributed by atoms with van der Waals surface area (Å²) in [5.41, 5.74) is 4.48. The molecular formula is C30H36ClN3O2. The van der Waals surface area contributed by atoms with Crippen molar-refractivity contribution in [3.05, 3.63) is 88.7 Å². The summed E-state index contributed by atoms with van der Waals surface area (Å²) in [6, 6.07) is 22.3. The molecule has 0 fully saturated rings. The Bertz CT molecular complexity index is 1200. The summed E-state index contributed by atoms with van der Waals surface area (Å²) in [6.07, 6.45) is 3.65. The largest absolute Gasteiger partial charge is 0.493 e. The second-order valence-corrected chi connectivity index (χ2v) is 9.40. The van der Waals surface area contributed by atoms with Crippen LogP contribution in [-0.4, -0.2) is 47.7 Å². The first-order valence-electron chi connectivity index (χ1n) is 12.9. The zero-order valence-corrected chi connectivity index (χ0v) is 22.1. The maximum Gasteiger partial charge on any atom is 0.121 e. The molecular weight excluding hydrogens is 470 g/mol. The molecule has 0 radical (unpaired) electrons. The monoisotopic (exact) mass is 505 g/mol. The number of nitrogens with one attached hydrogen (secondary N) is 1. The average Bonchev–Trinajstić information content (AvgIpc) is 3.32. The zero-order chi connectivity index (χ0) is 25.2. The van der Waals surface area contributed by atoms with Gasteiger partial charge in [-0.3, -0.25) is 0 Å². The van der Waals surface area contributed by atoms with E-state index in [1.54, 1.807) is 0 Å². The van der Waals surface area contributed by atoms with Crippen molar-refractivity contribution in [3.8, 4) is 11.5 Å². The van der Waals surface area contributed by atoms with Crippen LogP contribution in [0.2, 0.25) is 5.02 Å². The zero-order valence-electron chi connectivity index (χ0n) is 21.3. The Morgan fingerprint density at radius 3 is 2.19 bits per heavy atom. The predicted octanol–water partition coefficient (Wildman–Crippen LogP) is 6.73. The van der Waals surface area contributed by atoms with Crippen LogP contribution in [0, 0.1) is 0 Å². The van der Waals surface area contributed by atoms with Crippen molar-refractivity contribution in [2.75, 3.05) is 32.8 Å². The number of aromatic nitrogens is 2. The minimum Gasteiger partial charge on any atom is -0.493 e. The molecule has 190 valence electrons. The van der Waals surface area contributed by atoms with Gasteiger partial charge in [-0.05, 0) is 73.5 Å². The lowest BCUT2D eigenvalue weighted by molar-refractivity contribution is 0.249. The molecule has 4 rings (SSSR count). The van der Waals surface area contributed by atoms with E-state index in [-0.39, 0.29) is 0 Å². The highest BCUT2D eigenvalue weighted by Gasteiger charge is 2.06. The van der Waals surface area contributed by atoms with E-state index < -0.39 is 0 Å².